The summed E-state index contributed by atoms with van der Waals surface area (Å²) in [4.78, 5) is 10.3. The molecule has 0 radical (unpaired) electrons. The number of rotatable bonds is 1. The van der Waals surface area contributed by atoms with E-state index in [1.54, 1.807) is 11.8 Å². The molecule has 2 rings (SSSR count). The second kappa shape index (κ2) is 1.87. The van der Waals surface area contributed by atoms with Gasteiger partial charge in [-0.25, -0.2) is 0 Å². The molecule has 1 heterocycles. The van der Waals surface area contributed by atoms with Gasteiger partial charge in [-0.3, -0.25) is 0 Å². The van der Waals surface area contributed by atoms with Gasteiger partial charge in [0, 0.05) is 5.25 Å². The van der Waals surface area contributed by atoms with E-state index in [0.29, 0.717) is 11.2 Å². The molecular weight excluding hydrogens is 132 g/mol. The van der Waals surface area contributed by atoms with Gasteiger partial charge >= 0.3 is 0 Å². The van der Waals surface area contributed by atoms with Gasteiger partial charge in [0.2, 0.25) is 0 Å². The monoisotopic (exact) mass is 140 g/mol. The van der Waals surface area contributed by atoms with Crippen molar-refractivity contribution >= 4 is 18.0 Å². The molecule has 3 atom stereocenters. The number of thioether (sulfide) groups is 1. The van der Waals surface area contributed by atoms with E-state index in [-0.39, 0.29) is 5.25 Å². The highest BCUT2D eigenvalue weighted by atomic mass is 32.2. The minimum atomic E-state index is 0.278. The molecule has 2 aliphatic rings. The average Bonchev–Trinajstić information content (AvgIpc) is 2.45. The lowest BCUT2D eigenvalue weighted by molar-refractivity contribution is -0.107. The zero-order chi connectivity index (χ0) is 6.27. The second-order valence-corrected chi connectivity index (χ2v) is 3.98. The zero-order valence-corrected chi connectivity index (χ0v) is 5.80. The molecule has 0 saturated carbocycles. The molecule has 0 spiro atoms. The quantitative estimate of drug-likeness (QED) is 0.402. The van der Waals surface area contributed by atoms with Gasteiger partial charge < -0.3 is 4.79 Å². The van der Waals surface area contributed by atoms with Crippen LogP contribution in [0, 0.1) is 5.92 Å². The predicted octanol–water partition coefficient (Wildman–Crippen LogP) is 1.25. The Hall–Kier alpha value is -0.240. The fourth-order valence-electron chi connectivity index (χ4n) is 1.47. The molecule has 0 aromatic rings. The van der Waals surface area contributed by atoms with Crippen LogP contribution in [0.3, 0.4) is 0 Å². The fourth-order valence-corrected chi connectivity index (χ4v) is 2.86. The number of hydrogen-bond acceptors (Lipinski definition) is 2. The first kappa shape index (κ1) is 5.54. The number of allylic oxidation sites excluding steroid dienone is 1. The van der Waals surface area contributed by atoms with Crippen molar-refractivity contribution in [2.24, 2.45) is 5.92 Å². The Morgan fingerprint density at radius 2 is 2.44 bits per heavy atom. The first-order chi connectivity index (χ1) is 4.40. The van der Waals surface area contributed by atoms with Gasteiger partial charge in [0.15, 0.2) is 0 Å². The van der Waals surface area contributed by atoms with Crippen molar-refractivity contribution in [2.45, 2.75) is 16.9 Å². The van der Waals surface area contributed by atoms with Crippen molar-refractivity contribution in [3.8, 4) is 0 Å². The Morgan fingerprint density at radius 1 is 1.56 bits per heavy atom. The topological polar surface area (TPSA) is 17.1 Å². The highest BCUT2D eigenvalue weighted by Crippen LogP contribution is 2.43. The summed E-state index contributed by atoms with van der Waals surface area (Å²) in [7, 11) is 0. The number of carbonyl (C=O) groups excluding carboxylic acids is 1. The van der Waals surface area contributed by atoms with E-state index in [1.807, 2.05) is 0 Å². The molecule has 0 N–H and O–H groups in total. The molecule has 0 unspecified atom stereocenters. The fraction of sp³-hybridized carbons (Fsp3) is 0.571. The van der Waals surface area contributed by atoms with Crippen LogP contribution in [0.5, 0.6) is 0 Å². The summed E-state index contributed by atoms with van der Waals surface area (Å²) in [5.41, 5.74) is 0. The van der Waals surface area contributed by atoms with Gasteiger partial charge in [0.05, 0.1) is 5.25 Å². The molecule has 1 fully saturated rings. The lowest BCUT2D eigenvalue weighted by atomic mass is 10.1. The molecule has 1 nitrogen and oxygen atoms in total. The largest absolute Gasteiger partial charge is 0.302 e. The summed E-state index contributed by atoms with van der Waals surface area (Å²) in [5, 5.41) is 0.935. The Morgan fingerprint density at radius 3 is 2.78 bits per heavy atom. The summed E-state index contributed by atoms with van der Waals surface area (Å²) in [5.74, 6) is 0.567. The van der Waals surface area contributed by atoms with E-state index in [0.717, 1.165) is 6.29 Å². The Bertz CT molecular complexity index is 164. The highest BCUT2D eigenvalue weighted by molar-refractivity contribution is 8.01. The standard InChI is InChI=1S/C7H8OS/c8-4-7-5-1-2-6(3-5)9-7/h1-2,4-7H,3H2/t5-,6-,7+/m0/s1. The zero-order valence-electron chi connectivity index (χ0n) is 4.99. The Balaban J connectivity index is 2.19. The van der Waals surface area contributed by atoms with Crippen molar-refractivity contribution in [2.75, 3.05) is 0 Å². The third-order valence-electron chi connectivity index (χ3n) is 1.97. The second-order valence-electron chi connectivity index (χ2n) is 2.56. The first-order valence-electron chi connectivity index (χ1n) is 3.19. The van der Waals surface area contributed by atoms with Crippen LogP contribution in [0.15, 0.2) is 12.2 Å². The van der Waals surface area contributed by atoms with Gasteiger partial charge in [-0.1, -0.05) is 12.2 Å². The molecule has 0 aromatic heterocycles. The minimum Gasteiger partial charge on any atom is -0.302 e. The summed E-state index contributed by atoms with van der Waals surface area (Å²) >= 11 is 1.81. The molecule has 2 bridgehead atoms. The average molecular weight is 140 g/mol. The number of aldehydes is 1. The smallest absolute Gasteiger partial charge is 0.133 e. The van der Waals surface area contributed by atoms with Crippen molar-refractivity contribution < 1.29 is 4.79 Å². The van der Waals surface area contributed by atoms with Gasteiger partial charge in [-0.05, 0) is 12.3 Å². The SMILES string of the molecule is O=C[C@H]1S[C@H]2C=C[C@H]1C2. The van der Waals surface area contributed by atoms with E-state index < -0.39 is 0 Å². The minimum absolute atomic E-state index is 0.278. The van der Waals surface area contributed by atoms with E-state index in [1.165, 1.54) is 6.42 Å². The van der Waals surface area contributed by atoms with Crippen LogP contribution in [-0.4, -0.2) is 16.8 Å². The third-order valence-corrected chi connectivity index (χ3v) is 3.44. The molecule has 1 aliphatic carbocycles. The van der Waals surface area contributed by atoms with Gasteiger partial charge in [-0.15, -0.1) is 11.8 Å². The summed E-state index contributed by atoms with van der Waals surface area (Å²) in [6, 6.07) is 0. The maximum Gasteiger partial charge on any atom is 0.133 e. The Kier molecular flexibility index (Phi) is 1.15. The van der Waals surface area contributed by atoms with Crippen LogP contribution in [0.4, 0.5) is 0 Å². The van der Waals surface area contributed by atoms with Crippen LogP contribution >= 0.6 is 11.8 Å². The molecule has 1 aliphatic heterocycles. The number of carbonyl (C=O) groups is 1. The first-order valence-corrected chi connectivity index (χ1v) is 4.13. The van der Waals surface area contributed by atoms with Gasteiger partial charge in [-0.2, -0.15) is 0 Å². The lowest BCUT2D eigenvalue weighted by Gasteiger charge is -2.08. The van der Waals surface area contributed by atoms with Crippen LogP contribution in [0.2, 0.25) is 0 Å². The maximum atomic E-state index is 10.3. The van der Waals surface area contributed by atoms with E-state index >= 15 is 0 Å². The highest BCUT2D eigenvalue weighted by Gasteiger charge is 2.35. The van der Waals surface area contributed by atoms with Crippen LogP contribution < -0.4 is 0 Å². The number of fused-ring (bicyclic) bond motifs is 2. The normalized spacial score (nSPS) is 46.0. The summed E-state index contributed by atoms with van der Waals surface area (Å²) in [6.45, 7) is 0. The van der Waals surface area contributed by atoms with E-state index in [9.17, 15) is 4.79 Å². The number of hydrogen-bond donors (Lipinski definition) is 0. The third kappa shape index (κ3) is 0.732. The van der Waals surface area contributed by atoms with Crippen molar-refractivity contribution in [3.63, 3.8) is 0 Å². The van der Waals surface area contributed by atoms with Crippen molar-refractivity contribution in [1.82, 2.24) is 0 Å². The van der Waals surface area contributed by atoms with Crippen LogP contribution in [0.1, 0.15) is 6.42 Å². The predicted molar refractivity (Wildman–Crippen MR) is 38.5 cm³/mol. The van der Waals surface area contributed by atoms with Crippen LogP contribution in [-0.2, 0) is 4.79 Å². The molecule has 48 valence electrons. The van der Waals surface area contributed by atoms with Gasteiger partial charge in [0.25, 0.3) is 0 Å². The molecule has 2 heteroatoms. The molecule has 0 amide bonds. The molecule has 9 heavy (non-hydrogen) atoms. The summed E-state index contributed by atoms with van der Waals surface area (Å²) in [6.07, 6.45) is 6.68. The maximum absolute atomic E-state index is 10.3. The lowest BCUT2D eigenvalue weighted by Crippen LogP contribution is -2.10. The molecule has 0 aromatic carbocycles. The van der Waals surface area contributed by atoms with Gasteiger partial charge in [0.1, 0.15) is 6.29 Å². The van der Waals surface area contributed by atoms with Crippen molar-refractivity contribution in [3.05, 3.63) is 12.2 Å². The molecule has 1 saturated heterocycles. The molecular formula is C7H8OS. The van der Waals surface area contributed by atoms with E-state index in [2.05, 4.69) is 12.2 Å². The Labute approximate surface area is 58.5 Å². The van der Waals surface area contributed by atoms with E-state index in [4.69, 9.17) is 0 Å². The van der Waals surface area contributed by atoms with Crippen LogP contribution in [0.25, 0.3) is 0 Å². The van der Waals surface area contributed by atoms with Crippen molar-refractivity contribution in [1.29, 1.82) is 0 Å². The summed E-state index contributed by atoms with van der Waals surface area (Å²) < 4.78 is 0.